The molecule has 0 aliphatic heterocycles. The van der Waals surface area contributed by atoms with E-state index in [0.29, 0.717) is 12.8 Å². The van der Waals surface area contributed by atoms with Gasteiger partial charge in [-0.1, -0.05) is 12.8 Å². The molecule has 1 aliphatic carbocycles. The highest BCUT2D eigenvalue weighted by atomic mass is 32.1. The summed E-state index contributed by atoms with van der Waals surface area (Å²) in [5, 5.41) is 8.94. The second-order valence-electron chi connectivity index (χ2n) is 3.81. The van der Waals surface area contributed by atoms with Gasteiger partial charge in [-0.25, -0.2) is 0 Å². The Morgan fingerprint density at radius 2 is 1.75 bits per heavy atom. The van der Waals surface area contributed by atoms with Crippen LogP contribution in [0.3, 0.4) is 0 Å². The second-order valence-corrected chi connectivity index (χ2v) is 4.25. The minimum absolute atomic E-state index is 0.0453. The van der Waals surface area contributed by atoms with Crippen molar-refractivity contribution in [3.63, 3.8) is 0 Å². The largest absolute Gasteiger partial charge is 0.481 e. The number of aliphatic carboxylic acids is 1. The highest BCUT2D eigenvalue weighted by Gasteiger charge is 2.35. The van der Waals surface area contributed by atoms with Gasteiger partial charge in [0.2, 0.25) is 5.91 Å². The van der Waals surface area contributed by atoms with Gasteiger partial charge in [-0.2, -0.15) is 0 Å². The van der Waals surface area contributed by atoms with E-state index in [1.54, 1.807) is 0 Å². The Kier molecular flexibility index (Phi) is 4.48. The predicted octanol–water partition coefficient (Wildman–Crippen LogP) is -0.258. The minimum atomic E-state index is -0.921. The predicted molar refractivity (Wildman–Crippen MR) is 61.1 cm³/mol. The van der Waals surface area contributed by atoms with Crippen molar-refractivity contribution >= 4 is 29.2 Å². The zero-order chi connectivity index (χ0) is 12.1. The Morgan fingerprint density at radius 1 is 1.19 bits per heavy atom. The van der Waals surface area contributed by atoms with E-state index in [1.807, 2.05) is 0 Å². The summed E-state index contributed by atoms with van der Waals surface area (Å²) in [6.45, 7) is 0. The Labute approximate surface area is 98.5 Å². The summed E-state index contributed by atoms with van der Waals surface area (Å²) in [6.07, 6.45) is 2.85. The van der Waals surface area contributed by atoms with Gasteiger partial charge in [0.1, 0.15) is 0 Å². The first kappa shape index (κ1) is 12.7. The fraction of sp³-hybridized carbons (Fsp3) is 0.667. The third-order valence-electron chi connectivity index (χ3n) is 2.73. The summed E-state index contributed by atoms with van der Waals surface area (Å²) in [5.74, 6) is -2.40. The monoisotopic (exact) mass is 245 g/mol. The number of hydrogen-bond acceptors (Lipinski definition) is 3. The number of nitrogens with one attached hydrogen (secondary N) is 2. The van der Waals surface area contributed by atoms with Crippen LogP contribution in [0.2, 0.25) is 0 Å². The molecule has 1 amide bonds. The van der Waals surface area contributed by atoms with Crippen LogP contribution in [0, 0.1) is 11.8 Å². The third kappa shape index (κ3) is 3.34. The average molecular weight is 245 g/mol. The lowest BCUT2D eigenvalue weighted by Gasteiger charge is -2.27. The SMILES string of the molecule is NC(=S)NNC(=O)[C@@H]1CCCC[C@@H]1C(=O)O. The molecule has 7 heteroatoms. The van der Waals surface area contributed by atoms with E-state index < -0.39 is 17.8 Å². The molecular weight excluding hydrogens is 230 g/mol. The van der Waals surface area contributed by atoms with Crippen LogP contribution in [0.15, 0.2) is 0 Å². The highest BCUT2D eigenvalue weighted by Crippen LogP contribution is 2.30. The molecule has 0 bridgehead atoms. The molecule has 1 saturated carbocycles. The van der Waals surface area contributed by atoms with Gasteiger partial charge in [0.15, 0.2) is 5.11 Å². The topological polar surface area (TPSA) is 104 Å². The third-order valence-corrected chi connectivity index (χ3v) is 2.83. The molecule has 0 aromatic rings. The number of hydrazine groups is 1. The molecule has 90 valence electrons. The molecule has 0 heterocycles. The molecule has 0 aromatic carbocycles. The van der Waals surface area contributed by atoms with Gasteiger partial charge in [0, 0.05) is 0 Å². The molecule has 1 aliphatic rings. The maximum absolute atomic E-state index is 11.7. The van der Waals surface area contributed by atoms with E-state index in [-0.39, 0.29) is 11.0 Å². The summed E-state index contributed by atoms with van der Waals surface area (Å²) in [5.41, 5.74) is 9.79. The molecule has 2 atom stereocenters. The molecular formula is C9H15N3O3S. The van der Waals surface area contributed by atoms with Crippen LogP contribution in [0.4, 0.5) is 0 Å². The van der Waals surface area contributed by atoms with Gasteiger partial charge in [0.25, 0.3) is 0 Å². The van der Waals surface area contributed by atoms with E-state index in [0.717, 1.165) is 12.8 Å². The Morgan fingerprint density at radius 3 is 2.25 bits per heavy atom. The molecule has 0 spiro atoms. The standard InChI is InChI=1S/C9H15N3O3S/c10-9(16)12-11-7(13)5-3-1-2-4-6(5)8(14)15/h5-6H,1-4H2,(H,11,13)(H,14,15)(H3,10,12,16)/t5-,6+/m1/s1. The van der Waals surface area contributed by atoms with Gasteiger partial charge in [-0.15, -0.1) is 0 Å². The minimum Gasteiger partial charge on any atom is -0.481 e. The van der Waals surface area contributed by atoms with Crippen molar-refractivity contribution in [1.29, 1.82) is 0 Å². The van der Waals surface area contributed by atoms with Gasteiger partial charge in [-0.3, -0.25) is 20.4 Å². The first-order valence-corrected chi connectivity index (χ1v) is 5.51. The van der Waals surface area contributed by atoms with E-state index >= 15 is 0 Å². The van der Waals surface area contributed by atoms with Crippen LogP contribution >= 0.6 is 12.2 Å². The van der Waals surface area contributed by atoms with E-state index in [9.17, 15) is 9.59 Å². The molecule has 6 nitrogen and oxygen atoms in total. The maximum Gasteiger partial charge on any atom is 0.307 e. The molecule has 0 saturated heterocycles. The van der Waals surface area contributed by atoms with Crippen molar-refractivity contribution in [2.75, 3.05) is 0 Å². The van der Waals surface area contributed by atoms with Gasteiger partial charge < -0.3 is 10.8 Å². The van der Waals surface area contributed by atoms with Crippen LogP contribution in [-0.4, -0.2) is 22.1 Å². The number of rotatable bonds is 2. The van der Waals surface area contributed by atoms with E-state index in [2.05, 4.69) is 23.1 Å². The number of carboxylic acid groups (broad SMARTS) is 1. The first-order valence-electron chi connectivity index (χ1n) is 5.10. The quantitative estimate of drug-likeness (QED) is 0.395. The second kappa shape index (κ2) is 5.64. The molecule has 5 N–H and O–H groups in total. The summed E-state index contributed by atoms with van der Waals surface area (Å²) < 4.78 is 0. The first-order chi connectivity index (χ1) is 7.52. The van der Waals surface area contributed by atoms with Crippen molar-refractivity contribution in [2.24, 2.45) is 17.6 Å². The number of nitrogens with two attached hydrogens (primary N) is 1. The summed E-state index contributed by atoms with van der Waals surface area (Å²) in [6, 6.07) is 0. The number of carboxylic acids is 1. The lowest BCUT2D eigenvalue weighted by atomic mass is 9.79. The lowest BCUT2D eigenvalue weighted by molar-refractivity contribution is -0.149. The Hall–Kier alpha value is -1.37. The van der Waals surface area contributed by atoms with Crippen LogP contribution < -0.4 is 16.6 Å². The average Bonchev–Trinajstić information content (AvgIpc) is 2.25. The van der Waals surface area contributed by atoms with Crippen molar-refractivity contribution in [2.45, 2.75) is 25.7 Å². The van der Waals surface area contributed by atoms with Crippen molar-refractivity contribution in [1.82, 2.24) is 10.9 Å². The summed E-state index contributed by atoms with van der Waals surface area (Å²) in [4.78, 5) is 22.6. The van der Waals surface area contributed by atoms with Gasteiger partial charge >= 0.3 is 5.97 Å². The normalized spacial score (nSPS) is 24.5. The number of amides is 1. The van der Waals surface area contributed by atoms with Crippen LogP contribution in [0.5, 0.6) is 0 Å². The zero-order valence-corrected chi connectivity index (χ0v) is 9.55. The number of thiocarbonyl (C=S) groups is 1. The number of carbonyl (C=O) groups is 2. The maximum atomic E-state index is 11.7. The summed E-state index contributed by atoms with van der Waals surface area (Å²) >= 11 is 4.53. The number of hydrogen-bond donors (Lipinski definition) is 4. The summed E-state index contributed by atoms with van der Waals surface area (Å²) in [7, 11) is 0. The van der Waals surface area contributed by atoms with Gasteiger partial charge in [-0.05, 0) is 25.1 Å². The smallest absolute Gasteiger partial charge is 0.307 e. The lowest BCUT2D eigenvalue weighted by Crippen LogP contribution is -2.49. The fourth-order valence-electron chi connectivity index (χ4n) is 1.96. The molecule has 16 heavy (non-hydrogen) atoms. The van der Waals surface area contributed by atoms with E-state index in [1.165, 1.54) is 0 Å². The van der Waals surface area contributed by atoms with E-state index in [4.69, 9.17) is 10.8 Å². The van der Waals surface area contributed by atoms with Crippen molar-refractivity contribution < 1.29 is 14.7 Å². The van der Waals surface area contributed by atoms with Crippen LogP contribution in [0.25, 0.3) is 0 Å². The van der Waals surface area contributed by atoms with Gasteiger partial charge in [0.05, 0.1) is 11.8 Å². The zero-order valence-electron chi connectivity index (χ0n) is 8.73. The van der Waals surface area contributed by atoms with Crippen molar-refractivity contribution in [3.05, 3.63) is 0 Å². The molecule has 0 unspecified atom stereocenters. The molecule has 1 rings (SSSR count). The number of carbonyl (C=O) groups excluding carboxylic acids is 1. The highest BCUT2D eigenvalue weighted by molar-refractivity contribution is 7.80. The van der Waals surface area contributed by atoms with Crippen molar-refractivity contribution in [3.8, 4) is 0 Å². The molecule has 0 aromatic heterocycles. The fourth-order valence-corrected chi connectivity index (χ4v) is 2.01. The Balaban J connectivity index is 2.57. The van der Waals surface area contributed by atoms with Crippen LogP contribution in [0.1, 0.15) is 25.7 Å². The molecule has 1 fully saturated rings. The Bertz CT molecular complexity index is 308. The van der Waals surface area contributed by atoms with Crippen LogP contribution in [-0.2, 0) is 9.59 Å². The molecule has 0 radical (unpaired) electrons.